The molecule has 4 nitrogen and oxygen atoms in total. The summed E-state index contributed by atoms with van der Waals surface area (Å²) in [6, 6.07) is 12.1. The highest BCUT2D eigenvalue weighted by Gasteiger charge is 2.10. The Bertz CT molecular complexity index is 715. The first-order valence-corrected chi connectivity index (χ1v) is 7.65. The number of rotatable bonds is 3. The second-order valence-electron chi connectivity index (χ2n) is 4.28. The maximum atomic E-state index is 12.0. The van der Waals surface area contributed by atoms with E-state index in [0.717, 1.165) is 4.47 Å². The molecule has 108 valence electrons. The third kappa shape index (κ3) is 3.92. The average Bonchev–Trinajstić information content (AvgIpc) is 2.47. The molecule has 0 aliphatic heterocycles. The van der Waals surface area contributed by atoms with Crippen molar-refractivity contribution in [3.05, 3.63) is 62.5 Å². The van der Waals surface area contributed by atoms with E-state index in [9.17, 15) is 9.90 Å². The van der Waals surface area contributed by atoms with E-state index < -0.39 is 0 Å². The molecule has 0 radical (unpaired) electrons. The van der Waals surface area contributed by atoms with Gasteiger partial charge in [0.25, 0.3) is 5.91 Å². The molecule has 21 heavy (non-hydrogen) atoms. The van der Waals surface area contributed by atoms with Crippen LogP contribution in [0.15, 0.2) is 56.5 Å². The minimum Gasteiger partial charge on any atom is -0.507 e. The number of phenolic OH excluding ortho intramolecular Hbond substituents is 1. The quantitative estimate of drug-likeness (QED) is 0.590. The Morgan fingerprint density at radius 3 is 2.57 bits per heavy atom. The second-order valence-corrected chi connectivity index (χ2v) is 6.05. The maximum absolute atomic E-state index is 12.0. The third-order valence-corrected chi connectivity index (χ3v) is 3.98. The summed E-state index contributed by atoms with van der Waals surface area (Å²) in [7, 11) is 0. The van der Waals surface area contributed by atoms with Gasteiger partial charge in [0, 0.05) is 14.5 Å². The van der Waals surface area contributed by atoms with Crippen molar-refractivity contribution in [2.75, 3.05) is 0 Å². The van der Waals surface area contributed by atoms with Crippen LogP contribution >= 0.6 is 31.9 Å². The van der Waals surface area contributed by atoms with Crippen molar-refractivity contribution in [3.8, 4) is 5.75 Å². The largest absolute Gasteiger partial charge is 0.507 e. The predicted molar refractivity (Wildman–Crippen MR) is 89.6 cm³/mol. The minimum atomic E-state index is -0.323. The molecule has 0 aliphatic carbocycles. The Labute approximate surface area is 139 Å². The normalized spacial score (nSPS) is 11.3. The number of phenols is 1. The van der Waals surface area contributed by atoms with Crippen LogP contribution in [0.1, 0.15) is 22.8 Å². The zero-order chi connectivity index (χ0) is 15.4. The lowest BCUT2D eigenvalue weighted by molar-refractivity contribution is 0.0954. The fraction of sp³-hybridized carbons (Fsp3) is 0.0667. The number of amides is 1. The molecule has 0 saturated heterocycles. The van der Waals surface area contributed by atoms with Crippen LogP contribution in [0.3, 0.4) is 0 Å². The van der Waals surface area contributed by atoms with E-state index in [-0.39, 0.29) is 11.7 Å². The van der Waals surface area contributed by atoms with Gasteiger partial charge < -0.3 is 5.11 Å². The molecular weight excluding hydrogens is 400 g/mol. The summed E-state index contributed by atoms with van der Waals surface area (Å²) >= 11 is 6.65. The molecule has 0 aliphatic rings. The predicted octanol–water partition coefficient (Wildman–Crippen LogP) is 4.07. The molecule has 1 amide bonds. The van der Waals surface area contributed by atoms with E-state index >= 15 is 0 Å². The van der Waals surface area contributed by atoms with Crippen molar-refractivity contribution >= 4 is 43.5 Å². The van der Waals surface area contributed by atoms with Gasteiger partial charge in [-0.3, -0.25) is 4.79 Å². The number of halogens is 2. The van der Waals surface area contributed by atoms with Gasteiger partial charge in [-0.1, -0.05) is 28.1 Å². The summed E-state index contributed by atoms with van der Waals surface area (Å²) in [5.41, 5.74) is 4.03. The topological polar surface area (TPSA) is 61.7 Å². The highest BCUT2D eigenvalue weighted by Crippen LogP contribution is 2.22. The van der Waals surface area contributed by atoms with Gasteiger partial charge in [0.2, 0.25) is 0 Å². The number of hydrogen-bond acceptors (Lipinski definition) is 3. The van der Waals surface area contributed by atoms with Crippen molar-refractivity contribution in [2.24, 2.45) is 5.10 Å². The molecule has 2 rings (SSSR count). The molecule has 0 saturated carbocycles. The monoisotopic (exact) mass is 410 g/mol. The van der Waals surface area contributed by atoms with E-state index in [0.29, 0.717) is 21.3 Å². The first-order chi connectivity index (χ1) is 9.99. The van der Waals surface area contributed by atoms with E-state index in [2.05, 4.69) is 42.4 Å². The Balaban J connectivity index is 2.19. The molecule has 0 spiro atoms. The molecule has 2 N–H and O–H groups in total. The number of benzene rings is 2. The van der Waals surface area contributed by atoms with Gasteiger partial charge in [-0.15, -0.1) is 0 Å². The number of carbonyl (C=O) groups excluding carboxylic acids is 1. The molecule has 0 unspecified atom stereocenters. The smallest absolute Gasteiger partial charge is 0.272 e. The number of nitrogens with zero attached hydrogens (tertiary/aromatic N) is 1. The zero-order valence-corrected chi connectivity index (χ0v) is 14.3. The lowest BCUT2D eigenvalue weighted by Gasteiger charge is -2.06. The van der Waals surface area contributed by atoms with Crippen LogP contribution in [0.5, 0.6) is 5.75 Å². The molecule has 6 heteroatoms. The Kier molecular flexibility index (Phi) is 5.14. The van der Waals surface area contributed by atoms with Crippen LogP contribution in [0.25, 0.3) is 0 Å². The number of nitrogens with one attached hydrogen (secondary N) is 1. The van der Waals surface area contributed by atoms with E-state index in [1.807, 2.05) is 6.07 Å². The van der Waals surface area contributed by atoms with E-state index in [1.165, 1.54) is 0 Å². The maximum Gasteiger partial charge on any atom is 0.272 e. The lowest BCUT2D eigenvalue weighted by atomic mass is 10.1. The molecule has 2 aromatic carbocycles. The summed E-state index contributed by atoms with van der Waals surface area (Å²) in [4.78, 5) is 12.0. The molecular formula is C15H12Br2N2O2. The lowest BCUT2D eigenvalue weighted by Crippen LogP contribution is -2.19. The SMILES string of the molecule is CC(=NNC(=O)c1ccccc1Br)c1cc(Br)ccc1O. The van der Waals surface area contributed by atoms with Crippen LogP contribution in [-0.4, -0.2) is 16.7 Å². The van der Waals surface area contributed by atoms with Gasteiger partial charge in [0.05, 0.1) is 11.3 Å². The summed E-state index contributed by atoms with van der Waals surface area (Å²) in [6.07, 6.45) is 0. The van der Waals surface area contributed by atoms with Crippen molar-refractivity contribution in [2.45, 2.75) is 6.92 Å². The Morgan fingerprint density at radius 1 is 1.14 bits per heavy atom. The van der Waals surface area contributed by atoms with E-state index in [1.54, 1.807) is 43.3 Å². The van der Waals surface area contributed by atoms with Crippen LogP contribution in [0.4, 0.5) is 0 Å². The Morgan fingerprint density at radius 2 is 1.86 bits per heavy atom. The summed E-state index contributed by atoms with van der Waals surface area (Å²) in [6.45, 7) is 1.71. The number of hydrazone groups is 1. The highest BCUT2D eigenvalue weighted by molar-refractivity contribution is 9.10. The fourth-order valence-electron chi connectivity index (χ4n) is 1.70. The number of hydrogen-bond donors (Lipinski definition) is 2. The number of carbonyl (C=O) groups is 1. The van der Waals surface area contributed by atoms with Crippen LogP contribution in [0.2, 0.25) is 0 Å². The van der Waals surface area contributed by atoms with Crippen molar-refractivity contribution in [1.82, 2.24) is 5.43 Å². The van der Waals surface area contributed by atoms with Crippen molar-refractivity contribution < 1.29 is 9.90 Å². The molecule has 0 bridgehead atoms. The minimum absolute atomic E-state index is 0.106. The summed E-state index contributed by atoms with van der Waals surface area (Å²) in [5.74, 6) is -0.217. The van der Waals surface area contributed by atoms with Gasteiger partial charge in [-0.25, -0.2) is 5.43 Å². The highest BCUT2D eigenvalue weighted by atomic mass is 79.9. The molecule has 0 fully saturated rings. The molecule has 0 heterocycles. The number of aromatic hydroxyl groups is 1. The zero-order valence-electron chi connectivity index (χ0n) is 11.1. The first-order valence-electron chi connectivity index (χ1n) is 6.07. The van der Waals surface area contributed by atoms with Crippen molar-refractivity contribution in [1.29, 1.82) is 0 Å². The van der Waals surface area contributed by atoms with Gasteiger partial charge in [0.15, 0.2) is 0 Å². The second kappa shape index (κ2) is 6.87. The van der Waals surface area contributed by atoms with Gasteiger partial charge in [-0.05, 0) is 53.2 Å². The molecule has 0 aromatic heterocycles. The van der Waals surface area contributed by atoms with Crippen LogP contribution in [-0.2, 0) is 0 Å². The van der Waals surface area contributed by atoms with Gasteiger partial charge in [-0.2, -0.15) is 5.10 Å². The van der Waals surface area contributed by atoms with Crippen LogP contribution < -0.4 is 5.43 Å². The van der Waals surface area contributed by atoms with Gasteiger partial charge >= 0.3 is 0 Å². The first kappa shape index (κ1) is 15.7. The Hall–Kier alpha value is -1.66. The molecule has 0 atom stereocenters. The fourth-order valence-corrected chi connectivity index (χ4v) is 2.52. The van der Waals surface area contributed by atoms with Gasteiger partial charge in [0.1, 0.15) is 5.75 Å². The average molecular weight is 412 g/mol. The van der Waals surface area contributed by atoms with Crippen LogP contribution in [0, 0.1) is 0 Å². The standard InChI is InChI=1S/C15H12Br2N2O2/c1-9(12-8-10(16)6-7-14(12)20)18-19-15(21)11-4-2-3-5-13(11)17/h2-8,20H,1H3,(H,19,21). The summed E-state index contributed by atoms with van der Waals surface area (Å²) < 4.78 is 1.52. The summed E-state index contributed by atoms with van der Waals surface area (Å²) in [5, 5.41) is 13.8. The van der Waals surface area contributed by atoms with Crippen molar-refractivity contribution in [3.63, 3.8) is 0 Å². The van der Waals surface area contributed by atoms with E-state index in [4.69, 9.17) is 0 Å². The molecule has 2 aromatic rings. The third-order valence-electron chi connectivity index (χ3n) is 2.79.